The number of pyridine rings is 1. The number of fused-ring (bicyclic) bond motifs is 1. The monoisotopic (exact) mass is 269 g/mol. The molecule has 0 aliphatic heterocycles. The average Bonchev–Trinajstić information content (AvgIpc) is 2.86. The fourth-order valence-electron chi connectivity index (χ4n) is 2.21. The van der Waals surface area contributed by atoms with Crippen molar-refractivity contribution in [1.82, 2.24) is 14.5 Å². The number of aliphatic hydroxyl groups excluding tert-OH is 1. The molecule has 0 spiro atoms. The summed E-state index contributed by atoms with van der Waals surface area (Å²) in [5.41, 5.74) is 2.68. The van der Waals surface area contributed by atoms with E-state index >= 15 is 0 Å². The van der Waals surface area contributed by atoms with E-state index in [1.54, 1.807) is 13.3 Å². The first-order valence-electron chi connectivity index (χ1n) is 6.35. The minimum atomic E-state index is -0.105. The number of nitrogens with zero attached hydrogens (tertiary/aromatic N) is 3. The molecular formula is C15H15N3O2. The highest BCUT2D eigenvalue weighted by Gasteiger charge is 2.10. The molecule has 1 aromatic carbocycles. The second kappa shape index (κ2) is 5.30. The molecule has 0 saturated carbocycles. The van der Waals surface area contributed by atoms with Gasteiger partial charge in [0.25, 0.3) is 0 Å². The van der Waals surface area contributed by atoms with Gasteiger partial charge in [-0.25, -0.2) is 9.97 Å². The van der Waals surface area contributed by atoms with Crippen LogP contribution >= 0.6 is 0 Å². The third-order valence-electron chi connectivity index (χ3n) is 3.22. The predicted octanol–water partition coefficient (Wildman–Crippen LogP) is 1.98. The lowest BCUT2D eigenvalue weighted by atomic mass is 10.2. The number of benzene rings is 1. The van der Waals surface area contributed by atoms with Crippen LogP contribution in [0.1, 0.15) is 11.4 Å². The Labute approximate surface area is 116 Å². The fourth-order valence-corrected chi connectivity index (χ4v) is 2.21. The number of aliphatic hydroxyl groups is 1. The Bertz CT molecular complexity index is 720. The second-order valence-corrected chi connectivity index (χ2v) is 4.47. The SMILES string of the molecule is COc1ccc(Cn2c(CO)nc3cccnc32)cc1. The lowest BCUT2D eigenvalue weighted by Gasteiger charge is -2.08. The first-order valence-corrected chi connectivity index (χ1v) is 6.35. The molecule has 3 rings (SSSR count). The van der Waals surface area contributed by atoms with Crippen LogP contribution in [0, 0.1) is 0 Å². The number of aromatic nitrogens is 3. The predicted molar refractivity (Wildman–Crippen MR) is 75.5 cm³/mol. The molecule has 0 bridgehead atoms. The third kappa shape index (κ3) is 2.23. The molecule has 3 aromatic rings. The van der Waals surface area contributed by atoms with Crippen LogP contribution in [0.4, 0.5) is 0 Å². The molecule has 1 N–H and O–H groups in total. The largest absolute Gasteiger partial charge is 0.497 e. The van der Waals surface area contributed by atoms with Crippen molar-refractivity contribution in [3.05, 3.63) is 54.0 Å². The van der Waals surface area contributed by atoms with Gasteiger partial charge in [0.2, 0.25) is 0 Å². The minimum Gasteiger partial charge on any atom is -0.497 e. The van der Waals surface area contributed by atoms with Crippen LogP contribution in [0.3, 0.4) is 0 Å². The van der Waals surface area contributed by atoms with Gasteiger partial charge in [-0.1, -0.05) is 12.1 Å². The summed E-state index contributed by atoms with van der Waals surface area (Å²) < 4.78 is 7.08. The first-order chi connectivity index (χ1) is 9.81. The number of rotatable bonds is 4. The lowest BCUT2D eigenvalue weighted by Crippen LogP contribution is -2.05. The van der Waals surface area contributed by atoms with Gasteiger partial charge in [-0.3, -0.25) is 0 Å². The van der Waals surface area contributed by atoms with E-state index in [-0.39, 0.29) is 6.61 Å². The van der Waals surface area contributed by atoms with Crippen molar-refractivity contribution < 1.29 is 9.84 Å². The van der Waals surface area contributed by atoms with Crippen molar-refractivity contribution in [3.63, 3.8) is 0 Å². The zero-order valence-electron chi connectivity index (χ0n) is 11.2. The minimum absolute atomic E-state index is 0.105. The van der Waals surface area contributed by atoms with Crippen molar-refractivity contribution >= 4 is 11.2 Å². The zero-order valence-corrected chi connectivity index (χ0v) is 11.2. The standard InChI is InChI=1S/C15H15N3O2/c1-20-12-6-4-11(5-7-12)9-18-14(10-19)17-13-3-2-8-16-15(13)18/h2-8,19H,9-10H2,1H3. The fraction of sp³-hybridized carbons (Fsp3) is 0.200. The summed E-state index contributed by atoms with van der Waals surface area (Å²) in [5.74, 6) is 1.44. The van der Waals surface area contributed by atoms with E-state index in [2.05, 4.69) is 9.97 Å². The Morgan fingerprint density at radius 2 is 2.00 bits per heavy atom. The normalized spacial score (nSPS) is 10.9. The van der Waals surface area contributed by atoms with Crippen molar-refractivity contribution in [2.24, 2.45) is 0 Å². The van der Waals surface area contributed by atoms with Gasteiger partial charge in [0, 0.05) is 6.20 Å². The van der Waals surface area contributed by atoms with E-state index in [1.807, 2.05) is 41.0 Å². The molecular weight excluding hydrogens is 254 g/mol. The van der Waals surface area contributed by atoms with Crippen molar-refractivity contribution in [3.8, 4) is 5.75 Å². The topological polar surface area (TPSA) is 60.2 Å². The van der Waals surface area contributed by atoms with Crippen LogP contribution in [0.25, 0.3) is 11.2 Å². The van der Waals surface area contributed by atoms with Crippen LogP contribution in [-0.4, -0.2) is 26.8 Å². The zero-order chi connectivity index (χ0) is 13.9. The number of hydrogen-bond donors (Lipinski definition) is 1. The highest BCUT2D eigenvalue weighted by molar-refractivity contribution is 5.71. The Morgan fingerprint density at radius 3 is 2.70 bits per heavy atom. The molecule has 2 aromatic heterocycles. The number of ether oxygens (including phenoxy) is 1. The third-order valence-corrected chi connectivity index (χ3v) is 3.22. The molecule has 5 nitrogen and oxygen atoms in total. The van der Waals surface area contributed by atoms with E-state index in [4.69, 9.17) is 4.74 Å². The Morgan fingerprint density at radius 1 is 1.20 bits per heavy atom. The number of imidazole rings is 1. The van der Waals surface area contributed by atoms with Gasteiger partial charge in [0.1, 0.15) is 23.7 Å². The van der Waals surface area contributed by atoms with Crippen LogP contribution in [0.15, 0.2) is 42.6 Å². The van der Waals surface area contributed by atoms with E-state index in [0.717, 1.165) is 22.5 Å². The highest BCUT2D eigenvalue weighted by Crippen LogP contribution is 2.17. The van der Waals surface area contributed by atoms with Gasteiger partial charge in [-0.05, 0) is 29.8 Å². The molecule has 0 fully saturated rings. The molecule has 0 amide bonds. The van der Waals surface area contributed by atoms with Crippen LogP contribution in [-0.2, 0) is 13.2 Å². The molecule has 0 atom stereocenters. The Kier molecular flexibility index (Phi) is 3.35. The molecule has 2 heterocycles. The van der Waals surface area contributed by atoms with Crippen LogP contribution in [0.5, 0.6) is 5.75 Å². The highest BCUT2D eigenvalue weighted by atomic mass is 16.5. The molecule has 0 aliphatic carbocycles. The summed E-state index contributed by atoms with van der Waals surface area (Å²) in [6.07, 6.45) is 1.73. The number of hydrogen-bond acceptors (Lipinski definition) is 4. The maximum atomic E-state index is 9.45. The van der Waals surface area contributed by atoms with Gasteiger partial charge in [-0.15, -0.1) is 0 Å². The van der Waals surface area contributed by atoms with Crippen molar-refractivity contribution in [2.45, 2.75) is 13.2 Å². The summed E-state index contributed by atoms with van der Waals surface area (Å²) in [6.45, 7) is 0.514. The van der Waals surface area contributed by atoms with Gasteiger partial charge >= 0.3 is 0 Å². The molecule has 0 radical (unpaired) electrons. The van der Waals surface area contributed by atoms with Gasteiger partial charge in [0.05, 0.1) is 13.7 Å². The molecule has 5 heteroatoms. The average molecular weight is 269 g/mol. The molecule has 0 saturated heterocycles. The molecule has 20 heavy (non-hydrogen) atoms. The van der Waals surface area contributed by atoms with E-state index in [1.165, 1.54) is 0 Å². The quantitative estimate of drug-likeness (QED) is 0.786. The van der Waals surface area contributed by atoms with E-state index < -0.39 is 0 Å². The Hall–Kier alpha value is -2.40. The smallest absolute Gasteiger partial charge is 0.160 e. The van der Waals surface area contributed by atoms with Gasteiger partial charge in [-0.2, -0.15) is 0 Å². The van der Waals surface area contributed by atoms with Crippen LogP contribution < -0.4 is 4.74 Å². The maximum Gasteiger partial charge on any atom is 0.160 e. The van der Waals surface area contributed by atoms with Crippen molar-refractivity contribution in [1.29, 1.82) is 0 Å². The summed E-state index contributed by atoms with van der Waals surface area (Å²) in [6, 6.07) is 11.6. The lowest BCUT2D eigenvalue weighted by molar-refractivity contribution is 0.267. The van der Waals surface area contributed by atoms with Crippen LogP contribution in [0.2, 0.25) is 0 Å². The number of methoxy groups -OCH3 is 1. The summed E-state index contributed by atoms with van der Waals surface area (Å²) >= 11 is 0. The van der Waals surface area contributed by atoms with Gasteiger partial charge < -0.3 is 14.4 Å². The maximum absolute atomic E-state index is 9.45. The molecule has 0 aliphatic rings. The summed E-state index contributed by atoms with van der Waals surface area (Å²) in [4.78, 5) is 8.73. The van der Waals surface area contributed by atoms with E-state index in [9.17, 15) is 5.11 Å². The van der Waals surface area contributed by atoms with E-state index in [0.29, 0.717) is 12.4 Å². The Balaban J connectivity index is 2.00. The van der Waals surface area contributed by atoms with Crippen molar-refractivity contribution in [2.75, 3.05) is 7.11 Å². The summed E-state index contributed by atoms with van der Waals surface area (Å²) in [5, 5.41) is 9.45. The summed E-state index contributed by atoms with van der Waals surface area (Å²) in [7, 11) is 1.65. The van der Waals surface area contributed by atoms with Gasteiger partial charge in [0.15, 0.2) is 5.65 Å². The first kappa shape index (κ1) is 12.6. The molecule has 0 unspecified atom stereocenters. The molecule has 102 valence electrons. The second-order valence-electron chi connectivity index (χ2n) is 4.47.